The van der Waals surface area contributed by atoms with Crippen LogP contribution in [0.1, 0.15) is 15.9 Å². The van der Waals surface area contributed by atoms with Gasteiger partial charge in [-0.2, -0.15) is 0 Å². The lowest BCUT2D eigenvalue weighted by Gasteiger charge is -2.15. The summed E-state index contributed by atoms with van der Waals surface area (Å²) < 4.78 is 0. The van der Waals surface area contributed by atoms with Crippen LogP contribution in [0, 0.1) is 0 Å². The highest BCUT2D eigenvalue weighted by Gasteiger charge is 2.23. The molecule has 0 spiro atoms. The molecule has 1 aliphatic rings. The summed E-state index contributed by atoms with van der Waals surface area (Å²) in [5, 5.41) is 2.70. The lowest BCUT2D eigenvalue weighted by Crippen LogP contribution is -2.37. The van der Waals surface area contributed by atoms with Crippen LogP contribution in [0.3, 0.4) is 0 Å². The first kappa shape index (κ1) is 8.26. The highest BCUT2D eigenvalue weighted by atomic mass is 35.5. The zero-order chi connectivity index (χ0) is 9.42. The van der Waals surface area contributed by atoms with Crippen molar-refractivity contribution in [3.8, 4) is 0 Å². The van der Waals surface area contributed by atoms with E-state index in [1.54, 1.807) is 18.2 Å². The highest BCUT2D eigenvalue weighted by Crippen LogP contribution is 2.22. The third-order valence-corrected chi connectivity index (χ3v) is 2.31. The third-order valence-electron chi connectivity index (χ3n) is 1.95. The molecule has 4 heteroatoms. The van der Waals surface area contributed by atoms with E-state index in [1.165, 1.54) is 0 Å². The van der Waals surface area contributed by atoms with Crippen molar-refractivity contribution in [2.24, 2.45) is 0 Å². The number of benzene rings is 1. The molecule has 0 radical (unpaired) electrons. The van der Waals surface area contributed by atoms with Crippen LogP contribution in [0.5, 0.6) is 0 Å². The van der Waals surface area contributed by atoms with Crippen LogP contribution in [-0.4, -0.2) is 11.8 Å². The van der Waals surface area contributed by atoms with Crippen LogP contribution in [0.2, 0.25) is 5.02 Å². The summed E-state index contributed by atoms with van der Waals surface area (Å²) in [5.74, 6) is -0.667. The third kappa shape index (κ3) is 1.31. The number of fused-ring (bicyclic) bond motifs is 1. The molecule has 3 nitrogen and oxygen atoms in total. The smallest absolute Gasteiger partial charge is 0.258 e. The van der Waals surface area contributed by atoms with Crippen LogP contribution < -0.4 is 5.32 Å². The van der Waals surface area contributed by atoms with E-state index in [1.807, 2.05) is 0 Å². The zero-order valence-electron chi connectivity index (χ0n) is 6.63. The quantitative estimate of drug-likeness (QED) is 0.632. The number of hydrogen-bond acceptors (Lipinski definition) is 2. The van der Waals surface area contributed by atoms with E-state index in [2.05, 4.69) is 5.32 Å². The van der Waals surface area contributed by atoms with Crippen molar-refractivity contribution in [3.63, 3.8) is 0 Å². The lowest BCUT2D eigenvalue weighted by molar-refractivity contribution is -0.119. The van der Waals surface area contributed by atoms with E-state index in [0.29, 0.717) is 16.1 Å². The second-order valence-corrected chi connectivity index (χ2v) is 3.23. The van der Waals surface area contributed by atoms with Crippen LogP contribution >= 0.6 is 11.6 Å². The normalized spacial score (nSPS) is 15.2. The summed E-state index contributed by atoms with van der Waals surface area (Å²) in [7, 11) is 0. The molecule has 0 fully saturated rings. The van der Waals surface area contributed by atoms with Gasteiger partial charge in [0.15, 0.2) is 0 Å². The van der Waals surface area contributed by atoms with Crippen LogP contribution in [0.25, 0.3) is 0 Å². The number of carbonyl (C=O) groups excluding carboxylic acids is 2. The number of hydrogen-bond donors (Lipinski definition) is 1. The number of rotatable bonds is 0. The summed E-state index contributed by atoms with van der Waals surface area (Å²) in [6.45, 7) is 0. The van der Waals surface area contributed by atoms with E-state index in [-0.39, 0.29) is 18.2 Å². The van der Waals surface area contributed by atoms with Gasteiger partial charge in [-0.1, -0.05) is 17.7 Å². The van der Waals surface area contributed by atoms with Crippen molar-refractivity contribution in [3.05, 3.63) is 34.3 Å². The van der Waals surface area contributed by atoms with Gasteiger partial charge in [-0.25, -0.2) is 0 Å². The van der Waals surface area contributed by atoms with Crippen molar-refractivity contribution in [1.29, 1.82) is 0 Å². The Bertz CT molecular complexity index is 401. The predicted molar refractivity (Wildman–Crippen MR) is 47.6 cm³/mol. The first-order chi connectivity index (χ1) is 6.18. The average molecular weight is 196 g/mol. The van der Waals surface area contributed by atoms with E-state index < -0.39 is 0 Å². The topological polar surface area (TPSA) is 46.2 Å². The Kier molecular flexibility index (Phi) is 1.81. The summed E-state index contributed by atoms with van der Waals surface area (Å²) in [6, 6.07) is 5.02. The molecule has 0 aromatic heterocycles. The van der Waals surface area contributed by atoms with Gasteiger partial charge in [0.2, 0.25) is 5.91 Å². The van der Waals surface area contributed by atoms with Gasteiger partial charge in [-0.05, 0) is 17.7 Å². The van der Waals surface area contributed by atoms with Gasteiger partial charge in [0.25, 0.3) is 5.91 Å². The second-order valence-electron chi connectivity index (χ2n) is 2.82. The van der Waals surface area contributed by atoms with Gasteiger partial charge >= 0.3 is 0 Å². The Morgan fingerprint density at radius 2 is 2.08 bits per heavy atom. The second kappa shape index (κ2) is 2.85. The average Bonchev–Trinajstić information content (AvgIpc) is 2.07. The summed E-state index contributed by atoms with van der Waals surface area (Å²) in [4.78, 5) is 22.3. The lowest BCUT2D eigenvalue weighted by atomic mass is 10.0. The Morgan fingerprint density at radius 3 is 2.85 bits per heavy atom. The molecule has 1 aromatic carbocycles. The van der Waals surface area contributed by atoms with E-state index >= 15 is 0 Å². The molecule has 1 aromatic rings. The number of amides is 2. The maximum Gasteiger partial charge on any atom is 0.258 e. The minimum atomic E-state index is -0.367. The van der Waals surface area contributed by atoms with E-state index in [0.717, 1.165) is 0 Å². The molecule has 0 bridgehead atoms. The SMILES string of the molecule is O=C1Cc2c(Cl)cccc2C(=O)N1. The fourth-order valence-electron chi connectivity index (χ4n) is 1.35. The van der Waals surface area contributed by atoms with Crippen LogP contribution in [-0.2, 0) is 11.2 Å². The molecular formula is C9H6ClNO2. The van der Waals surface area contributed by atoms with E-state index in [4.69, 9.17) is 11.6 Å². The maximum absolute atomic E-state index is 11.3. The Labute approximate surface area is 79.7 Å². The molecular weight excluding hydrogens is 190 g/mol. The van der Waals surface area contributed by atoms with Crippen LogP contribution in [0.4, 0.5) is 0 Å². The van der Waals surface area contributed by atoms with Crippen molar-refractivity contribution in [2.75, 3.05) is 0 Å². The molecule has 1 heterocycles. The minimum absolute atomic E-state index is 0.181. The van der Waals surface area contributed by atoms with Gasteiger partial charge < -0.3 is 0 Å². The number of carbonyl (C=O) groups is 2. The fourth-order valence-corrected chi connectivity index (χ4v) is 1.59. The number of imide groups is 1. The molecule has 2 amide bonds. The summed E-state index contributed by atoms with van der Waals surface area (Å²) in [6.07, 6.45) is 0.181. The molecule has 66 valence electrons. The molecule has 0 saturated carbocycles. The standard InChI is InChI=1S/C9H6ClNO2/c10-7-3-1-2-5-6(7)4-8(12)11-9(5)13/h1-3H,4H2,(H,11,12,13). The fraction of sp³-hybridized carbons (Fsp3) is 0.111. The van der Waals surface area contributed by atoms with Crippen molar-refractivity contribution < 1.29 is 9.59 Å². The zero-order valence-corrected chi connectivity index (χ0v) is 7.39. The van der Waals surface area contributed by atoms with Gasteiger partial charge in [0.1, 0.15) is 0 Å². The van der Waals surface area contributed by atoms with Gasteiger partial charge in [0, 0.05) is 10.6 Å². The van der Waals surface area contributed by atoms with Crippen LogP contribution in [0.15, 0.2) is 18.2 Å². The summed E-state index contributed by atoms with van der Waals surface area (Å²) in [5.41, 5.74) is 1.12. The first-order valence-electron chi connectivity index (χ1n) is 3.80. The maximum atomic E-state index is 11.3. The molecule has 0 atom stereocenters. The Hall–Kier alpha value is -1.35. The van der Waals surface area contributed by atoms with E-state index in [9.17, 15) is 9.59 Å². The van der Waals surface area contributed by atoms with Gasteiger partial charge in [0.05, 0.1) is 6.42 Å². The minimum Gasteiger partial charge on any atom is -0.292 e. The number of nitrogens with one attached hydrogen (secondary N) is 1. The summed E-state index contributed by atoms with van der Waals surface area (Å²) >= 11 is 5.84. The largest absolute Gasteiger partial charge is 0.292 e. The first-order valence-corrected chi connectivity index (χ1v) is 4.18. The molecule has 2 rings (SSSR count). The molecule has 13 heavy (non-hydrogen) atoms. The molecule has 0 saturated heterocycles. The Morgan fingerprint density at radius 1 is 1.31 bits per heavy atom. The van der Waals surface area contributed by atoms with Gasteiger partial charge in [-0.3, -0.25) is 14.9 Å². The van der Waals surface area contributed by atoms with Gasteiger partial charge in [-0.15, -0.1) is 0 Å². The van der Waals surface area contributed by atoms with Crippen molar-refractivity contribution >= 4 is 23.4 Å². The predicted octanol–water partition coefficient (Wildman–Crippen LogP) is 1.15. The Balaban J connectivity index is 2.61. The molecule has 0 unspecified atom stereocenters. The molecule has 1 aliphatic heterocycles. The highest BCUT2D eigenvalue weighted by molar-refractivity contribution is 6.32. The van der Waals surface area contributed by atoms with Crippen molar-refractivity contribution in [1.82, 2.24) is 5.32 Å². The molecule has 0 aliphatic carbocycles. The molecule has 1 N–H and O–H groups in total. The van der Waals surface area contributed by atoms with Crippen molar-refractivity contribution in [2.45, 2.75) is 6.42 Å². The monoisotopic (exact) mass is 195 g/mol. The number of halogens is 1.